The number of esters is 1. The molecular formula is C44H83NO7P+. The second-order valence-corrected chi connectivity index (χ2v) is 16.8. The maximum Gasteiger partial charge on any atom is 0.472 e. The lowest BCUT2D eigenvalue weighted by molar-refractivity contribution is -0.870. The molecule has 2 atom stereocenters. The Morgan fingerprint density at radius 3 is 1.60 bits per heavy atom. The number of nitrogens with zero attached hydrogens (tertiary/aromatic N) is 1. The van der Waals surface area contributed by atoms with Crippen LogP contribution in [0.5, 0.6) is 0 Å². The summed E-state index contributed by atoms with van der Waals surface area (Å²) >= 11 is 0. The lowest BCUT2D eigenvalue weighted by Gasteiger charge is -2.24. The SMILES string of the molecule is CC/C=C\C/C=C\C/C=C\C/C=C\CCCCC(=O)O[C@H](COCCCCCCCCCCCCCCCCCC)COP(=O)(O)OCC[N+](C)(C)C. The van der Waals surface area contributed by atoms with Gasteiger partial charge in [-0.3, -0.25) is 13.8 Å². The molecule has 9 heteroatoms. The molecule has 0 heterocycles. The molecule has 0 fully saturated rings. The fraction of sp³-hybridized carbons (Fsp3) is 0.795. The molecule has 0 aromatic rings. The van der Waals surface area contributed by atoms with E-state index in [9.17, 15) is 14.3 Å². The fourth-order valence-corrected chi connectivity index (χ4v) is 6.34. The van der Waals surface area contributed by atoms with Gasteiger partial charge in [-0.05, 0) is 51.4 Å². The Balaban J connectivity index is 4.31. The summed E-state index contributed by atoms with van der Waals surface area (Å²) in [6.45, 7) is 5.46. The predicted octanol–water partition coefficient (Wildman–Crippen LogP) is 12.4. The number of phosphoric ester groups is 1. The first-order valence-electron chi connectivity index (χ1n) is 21.4. The lowest BCUT2D eigenvalue weighted by Crippen LogP contribution is -2.37. The Morgan fingerprint density at radius 2 is 1.09 bits per heavy atom. The van der Waals surface area contributed by atoms with Crippen molar-refractivity contribution in [1.29, 1.82) is 0 Å². The summed E-state index contributed by atoms with van der Waals surface area (Å²) in [5.41, 5.74) is 0. The van der Waals surface area contributed by atoms with E-state index in [0.717, 1.165) is 51.4 Å². The number of likely N-dealkylation sites (N-methyl/N-ethyl adjacent to an activating group) is 1. The van der Waals surface area contributed by atoms with Crippen molar-refractivity contribution in [2.24, 2.45) is 0 Å². The van der Waals surface area contributed by atoms with Crippen LogP contribution in [0.1, 0.15) is 168 Å². The van der Waals surface area contributed by atoms with Gasteiger partial charge in [0.25, 0.3) is 0 Å². The number of unbranched alkanes of at least 4 members (excludes halogenated alkanes) is 17. The first-order chi connectivity index (χ1) is 25.6. The number of phosphoric acid groups is 1. The average molecular weight is 769 g/mol. The van der Waals surface area contributed by atoms with E-state index in [-0.39, 0.29) is 32.2 Å². The molecular weight excluding hydrogens is 685 g/mol. The van der Waals surface area contributed by atoms with Gasteiger partial charge in [0.05, 0.1) is 34.4 Å². The van der Waals surface area contributed by atoms with Crippen LogP contribution in [0.25, 0.3) is 0 Å². The predicted molar refractivity (Wildman–Crippen MR) is 224 cm³/mol. The molecule has 0 bridgehead atoms. The van der Waals surface area contributed by atoms with Crippen LogP contribution in [0.15, 0.2) is 48.6 Å². The van der Waals surface area contributed by atoms with Crippen LogP contribution in [0.4, 0.5) is 0 Å². The standard InChI is InChI=1S/C44H82NO7P/c1-6-8-10-12-14-16-18-20-22-24-26-28-30-32-34-36-39-49-41-43(42-51-53(47,48)50-40-38-45(3,4)5)52-44(46)37-35-33-31-29-27-25-23-21-19-17-15-13-11-9-7-2/h9,11,15,17,21,23,27,29,43H,6-8,10,12-14,16,18-20,22,24-26,28,30-42H2,1-5H3/p+1/b11-9-,17-15-,23-21-,29-27-/t43-/m1/s1. The number of carbonyl (C=O) groups is 1. The largest absolute Gasteiger partial charge is 0.472 e. The van der Waals surface area contributed by atoms with E-state index in [4.69, 9.17) is 18.5 Å². The molecule has 0 aliphatic heterocycles. The Labute approximate surface area is 327 Å². The number of rotatable bonds is 39. The molecule has 1 N–H and O–H groups in total. The maximum absolute atomic E-state index is 12.7. The van der Waals surface area contributed by atoms with Crippen molar-refractivity contribution in [3.8, 4) is 0 Å². The van der Waals surface area contributed by atoms with Crippen LogP contribution in [0.2, 0.25) is 0 Å². The maximum atomic E-state index is 12.7. The van der Waals surface area contributed by atoms with Gasteiger partial charge in [0, 0.05) is 13.0 Å². The van der Waals surface area contributed by atoms with Crippen molar-refractivity contribution in [1.82, 2.24) is 0 Å². The molecule has 310 valence electrons. The van der Waals surface area contributed by atoms with Crippen molar-refractivity contribution in [2.45, 2.75) is 174 Å². The van der Waals surface area contributed by atoms with E-state index in [2.05, 4.69) is 62.5 Å². The topological polar surface area (TPSA) is 91.3 Å². The van der Waals surface area contributed by atoms with Gasteiger partial charge >= 0.3 is 13.8 Å². The van der Waals surface area contributed by atoms with Crippen LogP contribution in [0.3, 0.4) is 0 Å². The normalized spacial score (nSPS) is 14.3. The van der Waals surface area contributed by atoms with E-state index in [0.29, 0.717) is 24.1 Å². The van der Waals surface area contributed by atoms with E-state index in [1.807, 2.05) is 21.1 Å². The second-order valence-electron chi connectivity index (χ2n) is 15.3. The van der Waals surface area contributed by atoms with E-state index in [1.54, 1.807) is 0 Å². The fourth-order valence-electron chi connectivity index (χ4n) is 5.60. The molecule has 0 radical (unpaired) electrons. The van der Waals surface area contributed by atoms with Gasteiger partial charge in [-0.25, -0.2) is 4.57 Å². The molecule has 0 saturated heterocycles. The molecule has 0 saturated carbocycles. The van der Waals surface area contributed by atoms with Crippen LogP contribution in [-0.2, 0) is 27.9 Å². The third-order valence-corrected chi connectivity index (χ3v) is 9.89. The summed E-state index contributed by atoms with van der Waals surface area (Å²) in [4.78, 5) is 22.8. The molecule has 53 heavy (non-hydrogen) atoms. The van der Waals surface area contributed by atoms with E-state index in [1.165, 1.54) is 89.9 Å². The molecule has 1 unspecified atom stereocenters. The van der Waals surface area contributed by atoms with Gasteiger partial charge in [-0.1, -0.05) is 159 Å². The highest BCUT2D eigenvalue weighted by Crippen LogP contribution is 2.43. The highest BCUT2D eigenvalue weighted by atomic mass is 31.2. The monoisotopic (exact) mass is 769 g/mol. The summed E-state index contributed by atoms with van der Waals surface area (Å²) in [6.07, 6.45) is 44.3. The highest BCUT2D eigenvalue weighted by molar-refractivity contribution is 7.47. The summed E-state index contributed by atoms with van der Waals surface area (Å²) < 4.78 is 34.9. The second kappa shape index (κ2) is 37.4. The van der Waals surface area contributed by atoms with Gasteiger partial charge in [0.2, 0.25) is 0 Å². The van der Waals surface area contributed by atoms with Gasteiger partial charge in [0.1, 0.15) is 19.3 Å². The zero-order valence-corrected chi connectivity index (χ0v) is 35.9. The number of carbonyl (C=O) groups excluding carboxylic acids is 1. The van der Waals surface area contributed by atoms with Gasteiger partial charge in [-0.2, -0.15) is 0 Å². The summed E-state index contributed by atoms with van der Waals surface area (Å²) in [5.74, 6) is -0.353. The first-order valence-corrected chi connectivity index (χ1v) is 22.9. The average Bonchev–Trinajstić information content (AvgIpc) is 3.11. The van der Waals surface area contributed by atoms with Crippen LogP contribution in [-0.4, -0.2) is 75.6 Å². The van der Waals surface area contributed by atoms with Crippen LogP contribution >= 0.6 is 7.82 Å². The summed E-state index contributed by atoms with van der Waals surface area (Å²) in [7, 11) is 1.64. The van der Waals surface area contributed by atoms with E-state index < -0.39 is 13.9 Å². The molecule has 0 aliphatic carbocycles. The van der Waals surface area contributed by atoms with Crippen molar-refractivity contribution < 1.29 is 37.3 Å². The minimum absolute atomic E-state index is 0.0801. The van der Waals surface area contributed by atoms with Crippen molar-refractivity contribution in [2.75, 3.05) is 54.1 Å². The third-order valence-electron chi connectivity index (χ3n) is 8.90. The Kier molecular flexibility index (Phi) is 36.3. The minimum Gasteiger partial charge on any atom is -0.457 e. The quantitative estimate of drug-likeness (QED) is 0.0219. The Morgan fingerprint density at radius 1 is 0.604 bits per heavy atom. The Hall–Kier alpha value is -1.54. The van der Waals surface area contributed by atoms with E-state index >= 15 is 0 Å². The molecule has 8 nitrogen and oxygen atoms in total. The number of allylic oxidation sites excluding steroid dienone is 8. The zero-order chi connectivity index (χ0) is 39.1. The molecule has 0 aromatic carbocycles. The zero-order valence-electron chi connectivity index (χ0n) is 35.0. The van der Waals surface area contributed by atoms with Crippen molar-refractivity contribution in [3.05, 3.63) is 48.6 Å². The highest BCUT2D eigenvalue weighted by Gasteiger charge is 2.26. The summed E-state index contributed by atoms with van der Waals surface area (Å²) in [5, 5.41) is 0. The number of hydrogen-bond donors (Lipinski definition) is 1. The van der Waals surface area contributed by atoms with Crippen molar-refractivity contribution >= 4 is 13.8 Å². The number of hydrogen-bond acceptors (Lipinski definition) is 6. The molecule has 0 spiro atoms. The number of ether oxygens (including phenoxy) is 2. The molecule has 0 rings (SSSR count). The number of quaternary nitrogens is 1. The molecule has 0 amide bonds. The summed E-state index contributed by atoms with van der Waals surface area (Å²) in [6, 6.07) is 0. The van der Waals surface area contributed by atoms with Gasteiger partial charge in [-0.15, -0.1) is 0 Å². The third kappa shape index (κ3) is 41.5. The smallest absolute Gasteiger partial charge is 0.457 e. The molecule has 0 aliphatic rings. The van der Waals surface area contributed by atoms with Gasteiger partial charge in [0.15, 0.2) is 0 Å². The molecule has 0 aromatic heterocycles. The first kappa shape index (κ1) is 51.5. The minimum atomic E-state index is -4.28. The van der Waals surface area contributed by atoms with Crippen molar-refractivity contribution in [3.63, 3.8) is 0 Å². The van der Waals surface area contributed by atoms with Crippen LogP contribution in [0, 0.1) is 0 Å². The van der Waals surface area contributed by atoms with Gasteiger partial charge < -0.3 is 18.9 Å². The van der Waals surface area contributed by atoms with Crippen LogP contribution < -0.4 is 0 Å². The lowest BCUT2D eigenvalue weighted by atomic mass is 10.0. The Bertz CT molecular complexity index is 989.